The van der Waals surface area contributed by atoms with E-state index in [0.717, 1.165) is 33.5 Å². The van der Waals surface area contributed by atoms with Gasteiger partial charge in [0.2, 0.25) is 0 Å². The van der Waals surface area contributed by atoms with Crippen LogP contribution in [-0.4, -0.2) is 9.97 Å². The molecule has 0 radical (unpaired) electrons. The van der Waals surface area contributed by atoms with Gasteiger partial charge in [-0.2, -0.15) is 0 Å². The predicted octanol–water partition coefficient (Wildman–Crippen LogP) is 15.5. The quantitative estimate of drug-likeness (QED) is 0.160. The van der Waals surface area contributed by atoms with Crippen LogP contribution in [0.1, 0.15) is 22.3 Å². The van der Waals surface area contributed by atoms with Crippen molar-refractivity contribution in [2.45, 2.75) is 5.41 Å². The number of hydrogen-bond donors (Lipinski definition) is 0. The summed E-state index contributed by atoms with van der Waals surface area (Å²) in [5.74, 6) is 0.712. The van der Waals surface area contributed by atoms with Crippen molar-refractivity contribution >= 4 is 21.5 Å². The lowest BCUT2D eigenvalue weighted by molar-refractivity contribution is 0.776. The van der Waals surface area contributed by atoms with Crippen LogP contribution in [0.5, 0.6) is 0 Å². The smallest absolute Gasteiger partial charge is 0.160 e. The molecular weight excluding hydrogens is 761 g/mol. The van der Waals surface area contributed by atoms with Gasteiger partial charge in [-0.15, -0.1) is 0 Å². The van der Waals surface area contributed by atoms with Gasteiger partial charge in [0.1, 0.15) is 0 Å². The summed E-state index contributed by atoms with van der Waals surface area (Å²) in [6.45, 7) is 0. The maximum Gasteiger partial charge on any atom is 0.160 e. The van der Waals surface area contributed by atoms with Gasteiger partial charge in [0.05, 0.1) is 16.8 Å². The minimum atomic E-state index is -0.502. The highest BCUT2D eigenvalue weighted by molar-refractivity contribution is 6.05. The summed E-state index contributed by atoms with van der Waals surface area (Å²) in [6, 6.07) is 87.8. The Morgan fingerprint density at radius 2 is 0.778 bits per heavy atom. The van der Waals surface area contributed by atoms with Gasteiger partial charge >= 0.3 is 0 Å². The van der Waals surface area contributed by atoms with Gasteiger partial charge in [-0.1, -0.05) is 231 Å². The van der Waals surface area contributed by atoms with Crippen molar-refractivity contribution in [3.05, 3.63) is 265 Å². The van der Waals surface area contributed by atoms with Crippen LogP contribution in [0.4, 0.5) is 0 Å². The second-order valence-electron chi connectivity index (χ2n) is 16.4. The first kappa shape index (κ1) is 36.6. The van der Waals surface area contributed by atoms with E-state index in [9.17, 15) is 0 Å². The second-order valence-corrected chi connectivity index (χ2v) is 16.4. The van der Waals surface area contributed by atoms with Crippen LogP contribution in [0, 0.1) is 0 Å². The molecule has 0 N–H and O–H groups in total. The maximum atomic E-state index is 5.19. The Bertz CT molecular complexity index is 3370. The van der Waals surface area contributed by atoms with Crippen LogP contribution in [0.3, 0.4) is 0 Å². The third-order valence-electron chi connectivity index (χ3n) is 13.0. The maximum absolute atomic E-state index is 5.19. The SMILES string of the molecule is c1ccc(-c2cc(-c3ccc(-c4ccc(-c5ccc6c(c5)C(c5ccccc5)(c5ccccc5)c5c-6ccc6ccccc56)cc4)c4ccccc34)nc(-c3ccccc3)n2)cc1. The monoisotopic (exact) mass is 800 g/mol. The fourth-order valence-corrected chi connectivity index (χ4v) is 10.1. The number of rotatable bonds is 7. The van der Waals surface area contributed by atoms with Crippen LogP contribution >= 0.6 is 0 Å². The molecule has 1 aromatic heterocycles. The van der Waals surface area contributed by atoms with E-state index < -0.39 is 5.41 Å². The molecule has 0 aliphatic heterocycles. The van der Waals surface area contributed by atoms with E-state index in [4.69, 9.17) is 9.97 Å². The number of aromatic nitrogens is 2. The number of benzene rings is 10. The molecule has 12 rings (SSSR count). The first-order chi connectivity index (χ1) is 31.2. The highest BCUT2D eigenvalue weighted by Crippen LogP contribution is 2.58. The van der Waals surface area contributed by atoms with Crippen molar-refractivity contribution in [3.63, 3.8) is 0 Å². The molecule has 0 saturated carbocycles. The molecule has 0 fully saturated rings. The van der Waals surface area contributed by atoms with Crippen LogP contribution < -0.4 is 0 Å². The Morgan fingerprint density at radius 3 is 1.46 bits per heavy atom. The van der Waals surface area contributed by atoms with E-state index in [1.807, 2.05) is 24.3 Å². The molecule has 0 amide bonds. The zero-order chi connectivity index (χ0) is 41.7. The number of fused-ring (bicyclic) bond motifs is 6. The first-order valence-corrected chi connectivity index (χ1v) is 21.6. The Balaban J connectivity index is 0.973. The lowest BCUT2D eigenvalue weighted by Crippen LogP contribution is -2.28. The molecule has 0 unspecified atom stereocenters. The van der Waals surface area contributed by atoms with Gasteiger partial charge in [-0.3, -0.25) is 0 Å². The van der Waals surface area contributed by atoms with Crippen LogP contribution in [0.15, 0.2) is 243 Å². The van der Waals surface area contributed by atoms with Gasteiger partial charge in [0.15, 0.2) is 5.82 Å². The molecule has 0 bridgehead atoms. The third-order valence-corrected chi connectivity index (χ3v) is 13.0. The summed E-state index contributed by atoms with van der Waals surface area (Å²) >= 11 is 0. The molecule has 2 heteroatoms. The van der Waals surface area contributed by atoms with E-state index in [1.165, 1.54) is 71.8 Å². The third kappa shape index (κ3) is 6.02. The van der Waals surface area contributed by atoms with Crippen LogP contribution in [0.25, 0.3) is 88.8 Å². The molecule has 2 nitrogen and oxygen atoms in total. The normalized spacial score (nSPS) is 12.6. The van der Waals surface area contributed by atoms with E-state index >= 15 is 0 Å². The van der Waals surface area contributed by atoms with Gasteiger partial charge in [-0.25, -0.2) is 9.97 Å². The molecule has 0 atom stereocenters. The predicted molar refractivity (Wildman–Crippen MR) is 262 cm³/mol. The van der Waals surface area contributed by atoms with Crippen molar-refractivity contribution in [1.82, 2.24) is 9.97 Å². The zero-order valence-electron chi connectivity index (χ0n) is 34.5. The minimum absolute atomic E-state index is 0.502. The highest BCUT2D eigenvalue weighted by atomic mass is 14.9. The Labute approximate surface area is 367 Å². The molecule has 1 heterocycles. The summed E-state index contributed by atoms with van der Waals surface area (Å²) in [7, 11) is 0. The Hall–Kier alpha value is -8.20. The molecule has 1 aliphatic rings. The topological polar surface area (TPSA) is 25.8 Å². The highest BCUT2D eigenvalue weighted by Gasteiger charge is 2.47. The van der Waals surface area contributed by atoms with E-state index in [0.29, 0.717) is 5.82 Å². The van der Waals surface area contributed by atoms with Gasteiger partial charge < -0.3 is 0 Å². The Morgan fingerprint density at radius 1 is 0.286 bits per heavy atom. The lowest BCUT2D eigenvalue weighted by atomic mass is 9.66. The molecule has 1 aliphatic carbocycles. The molecule has 0 spiro atoms. The van der Waals surface area contributed by atoms with Crippen molar-refractivity contribution in [1.29, 1.82) is 0 Å². The largest absolute Gasteiger partial charge is 0.228 e. The molecule has 11 aromatic rings. The number of hydrogen-bond acceptors (Lipinski definition) is 2. The van der Waals surface area contributed by atoms with Crippen molar-refractivity contribution in [2.75, 3.05) is 0 Å². The number of nitrogens with zero attached hydrogens (tertiary/aromatic N) is 2. The Kier molecular flexibility index (Phi) is 8.76. The standard InChI is InChI=1S/C61H40N2/c1-5-18-44(19-6-1)57-40-58(63-60(62-57)45-20-7-2-8-21-45)54-38-37-49(51-27-15-16-28-52(51)54)43-31-29-41(30-32-43)46-34-35-53-55-36-33-42-17-13-14-26-50(42)59(55)61(56(53)39-46,47-22-9-3-10-23-47)48-24-11-4-12-25-48/h1-40H. The summed E-state index contributed by atoms with van der Waals surface area (Å²) in [5, 5.41) is 4.88. The average Bonchev–Trinajstić information content (AvgIpc) is 3.68. The molecule has 63 heavy (non-hydrogen) atoms. The van der Waals surface area contributed by atoms with E-state index in [2.05, 4.69) is 218 Å². The van der Waals surface area contributed by atoms with Crippen molar-refractivity contribution in [2.24, 2.45) is 0 Å². The molecule has 10 aromatic carbocycles. The molecular formula is C61H40N2. The second kappa shape index (κ2) is 15.1. The lowest BCUT2D eigenvalue weighted by Gasteiger charge is -2.35. The van der Waals surface area contributed by atoms with E-state index in [-0.39, 0.29) is 0 Å². The van der Waals surface area contributed by atoms with Gasteiger partial charge in [0, 0.05) is 16.7 Å². The van der Waals surface area contributed by atoms with Crippen LogP contribution in [-0.2, 0) is 5.41 Å². The summed E-state index contributed by atoms with van der Waals surface area (Å²) < 4.78 is 0. The van der Waals surface area contributed by atoms with Crippen molar-refractivity contribution in [3.8, 4) is 67.3 Å². The fraction of sp³-hybridized carbons (Fsp3) is 0.0164. The van der Waals surface area contributed by atoms with Gasteiger partial charge in [0.25, 0.3) is 0 Å². The summed E-state index contributed by atoms with van der Waals surface area (Å²) in [5.41, 5.74) is 16.9. The van der Waals surface area contributed by atoms with Gasteiger partial charge in [-0.05, 0) is 89.3 Å². The first-order valence-electron chi connectivity index (χ1n) is 21.6. The summed E-state index contributed by atoms with van der Waals surface area (Å²) in [4.78, 5) is 10.2. The summed E-state index contributed by atoms with van der Waals surface area (Å²) in [6.07, 6.45) is 0. The zero-order valence-corrected chi connectivity index (χ0v) is 34.5. The fourth-order valence-electron chi connectivity index (χ4n) is 10.1. The molecule has 0 saturated heterocycles. The van der Waals surface area contributed by atoms with Crippen LogP contribution in [0.2, 0.25) is 0 Å². The average molecular weight is 801 g/mol. The molecule has 294 valence electrons. The van der Waals surface area contributed by atoms with E-state index in [1.54, 1.807) is 0 Å². The minimum Gasteiger partial charge on any atom is -0.228 e. The van der Waals surface area contributed by atoms with Crippen molar-refractivity contribution < 1.29 is 0 Å².